The molecule has 0 bridgehead atoms. The van der Waals surface area contributed by atoms with E-state index in [-0.39, 0.29) is 17.6 Å². The topological polar surface area (TPSA) is 84.4 Å². The Morgan fingerprint density at radius 3 is 2.71 bits per heavy atom. The molecule has 0 radical (unpaired) electrons. The van der Waals surface area contributed by atoms with Crippen LogP contribution in [-0.2, 0) is 4.79 Å². The average molecular weight is 292 g/mol. The molecule has 1 aromatic rings. The zero-order valence-electron chi connectivity index (χ0n) is 12.5. The Morgan fingerprint density at radius 1 is 1.48 bits per heavy atom. The van der Waals surface area contributed by atoms with Crippen molar-refractivity contribution < 1.29 is 14.3 Å². The lowest BCUT2D eigenvalue weighted by Crippen LogP contribution is -2.57. The van der Waals surface area contributed by atoms with E-state index in [0.29, 0.717) is 31.2 Å². The summed E-state index contributed by atoms with van der Waals surface area (Å²) < 4.78 is 4.97. The van der Waals surface area contributed by atoms with Gasteiger partial charge in [-0.05, 0) is 12.3 Å². The molecule has 0 aliphatic carbocycles. The van der Waals surface area contributed by atoms with Gasteiger partial charge in [0.2, 0.25) is 11.7 Å². The number of carbonyl (C=O) groups is 2. The molecular weight excluding hydrogens is 272 g/mol. The van der Waals surface area contributed by atoms with Gasteiger partial charge in [0.05, 0.1) is 19.5 Å². The van der Waals surface area contributed by atoms with Crippen molar-refractivity contribution in [1.82, 2.24) is 20.2 Å². The number of aromatic nitrogens is 2. The van der Waals surface area contributed by atoms with Crippen molar-refractivity contribution in [3.8, 4) is 5.75 Å². The number of nitrogens with zero attached hydrogens (tertiary/aromatic N) is 3. The van der Waals surface area contributed by atoms with E-state index in [4.69, 9.17) is 4.74 Å². The Labute approximate surface area is 123 Å². The summed E-state index contributed by atoms with van der Waals surface area (Å²) in [5.74, 6) is 0.446. The molecule has 1 atom stereocenters. The maximum absolute atomic E-state index is 12.5. The third-order valence-electron chi connectivity index (χ3n) is 3.34. The molecule has 0 spiro atoms. The molecule has 1 N–H and O–H groups in total. The molecule has 1 unspecified atom stereocenters. The fourth-order valence-corrected chi connectivity index (χ4v) is 2.30. The van der Waals surface area contributed by atoms with Crippen molar-refractivity contribution in [3.05, 3.63) is 18.2 Å². The van der Waals surface area contributed by atoms with Crippen LogP contribution in [0.5, 0.6) is 5.75 Å². The van der Waals surface area contributed by atoms with Crippen LogP contribution in [0.4, 0.5) is 0 Å². The molecule has 0 saturated carbocycles. The second-order valence-electron chi connectivity index (χ2n) is 5.38. The first kappa shape index (κ1) is 15.2. The predicted octanol–water partition coefficient (Wildman–Crippen LogP) is 0.472. The molecule has 7 nitrogen and oxygen atoms in total. The summed E-state index contributed by atoms with van der Waals surface area (Å²) in [5, 5.41) is 2.80. The maximum atomic E-state index is 12.5. The summed E-state index contributed by atoms with van der Waals surface area (Å²) in [7, 11) is 1.51. The van der Waals surface area contributed by atoms with Crippen molar-refractivity contribution in [2.75, 3.05) is 20.2 Å². The van der Waals surface area contributed by atoms with E-state index in [1.54, 1.807) is 4.90 Å². The molecule has 1 aliphatic heterocycles. The van der Waals surface area contributed by atoms with Gasteiger partial charge in [0.1, 0.15) is 6.04 Å². The van der Waals surface area contributed by atoms with E-state index >= 15 is 0 Å². The first-order valence-electron chi connectivity index (χ1n) is 6.97. The molecule has 2 rings (SSSR count). The molecule has 0 aromatic carbocycles. The third kappa shape index (κ3) is 3.48. The van der Waals surface area contributed by atoms with Gasteiger partial charge in [0.15, 0.2) is 5.75 Å². The number of amides is 2. The van der Waals surface area contributed by atoms with Crippen LogP contribution in [-0.4, -0.2) is 52.9 Å². The Bertz CT molecular complexity index is 515. The quantitative estimate of drug-likeness (QED) is 0.872. The molecule has 1 fully saturated rings. The lowest BCUT2D eigenvalue weighted by Gasteiger charge is -2.35. The number of rotatable bonds is 4. The molecular formula is C14H20N4O3. The highest BCUT2D eigenvalue weighted by molar-refractivity contribution is 5.95. The van der Waals surface area contributed by atoms with Crippen molar-refractivity contribution >= 4 is 11.8 Å². The second-order valence-corrected chi connectivity index (χ2v) is 5.38. The normalized spacial score (nSPS) is 18.6. The molecule has 1 aliphatic rings. The van der Waals surface area contributed by atoms with Gasteiger partial charge in [-0.1, -0.05) is 13.8 Å². The van der Waals surface area contributed by atoms with Crippen LogP contribution in [0.3, 0.4) is 0 Å². The number of ether oxygens (including phenoxy) is 1. The summed E-state index contributed by atoms with van der Waals surface area (Å²) in [6.07, 6.45) is 3.51. The fourth-order valence-electron chi connectivity index (χ4n) is 2.30. The van der Waals surface area contributed by atoms with Crippen molar-refractivity contribution in [2.24, 2.45) is 5.92 Å². The number of piperazine rings is 1. The van der Waals surface area contributed by atoms with E-state index in [1.165, 1.54) is 19.5 Å². The van der Waals surface area contributed by atoms with Crippen LogP contribution in [0.1, 0.15) is 30.9 Å². The number of hydrogen-bond acceptors (Lipinski definition) is 5. The Balaban J connectivity index is 2.19. The number of hydrogen-bond donors (Lipinski definition) is 1. The third-order valence-corrected chi connectivity index (χ3v) is 3.34. The molecule has 1 aromatic heterocycles. The van der Waals surface area contributed by atoms with Gasteiger partial charge < -0.3 is 15.0 Å². The average Bonchev–Trinajstić information content (AvgIpc) is 2.48. The SMILES string of the molecule is COc1cnc(C(=O)N2CCNC(=O)C2CC(C)C)nc1. The first-order chi connectivity index (χ1) is 10.0. The van der Waals surface area contributed by atoms with Crippen LogP contribution in [0.2, 0.25) is 0 Å². The van der Waals surface area contributed by atoms with Crippen molar-refractivity contribution in [3.63, 3.8) is 0 Å². The van der Waals surface area contributed by atoms with Gasteiger partial charge in [0.25, 0.3) is 5.91 Å². The van der Waals surface area contributed by atoms with Crippen LogP contribution in [0.25, 0.3) is 0 Å². The molecule has 7 heteroatoms. The summed E-state index contributed by atoms with van der Waals surface area (Å²) in [6.45, 7) is 4.97. The molecule has 21 heavy (non-hydrogen) atoms. The summed E-state index contributed by atoms with van der Waals surface area (Å²) >= 11 is 0. The Morgan fingerprint density at radius 2 is 2.14 bits per heavy atom. The Kier molecular flexibility index (Phi) is 4.72. The lowest BCUT2D eigenvalue weighted by atomic mass is 10.00. The highest BCUT2D eigenvalue weighted by Gasteiger charge is 2.34. The first-order valence-corrected chi connectivity index (χ1v) is 6.97. The van der Waals surface area contributed by atoms with Gasteiger partial charge in [0, 0.05) is 13.1 Å². The summed E-state index contributed by atoms with van der Waals surface area (Å²) in [5.41, 5.74) is 0. The summed E-state index contributed by atoms with van der Waals surface area (Å²) in [6, 6.07) is -0.461. The van der Waals surface area contributed by atoms with E-state index in [1.807, 2.05) is 13.8 Å². The van der Waals surface area contributed by atoms with Gasteiger partial charge in [-0.2, -0.15) is 0 Å². The largest absolute Gasteiger partial charge is 0.494 e. The standard InChI is InChI=1S/C14H20N4O3/c1-9(2)6-11-13(19)15-4-5-18(11)14(20)12-16-7-10(21-3)8-17-12/h7-9,11H,4-6H2,1-3H3,(H,15,19). The fraction of sp³-hybridized carbons (Fsp3) is 0.571. The van der Waals surface area contributed by atoms with Crippen LogP contribution >= 0.6 is 0 Å². The maximum Gasteiger partial charge on any atom is 0.292 e. The van der Waals surface area contributed by atoms with E-state index in [9.17, 15) is 9.59 Å². The molecule has 2 heterocycles. The molecule has 114 valence electrons. The number of carbonyl (C=O) groups excluding carboxylic acids is 2. The van der Waals surface area contributed by atoms with Crippen LogP contribution in [0, 0.1) is 5.92 Å². The minimum atomic E-state index is -0.461. The van der Waals surface area contributed by atoms with Gasteiger partial charge in [-0.15, -0.1) is 0 Å². The van der Waals surface area contributed by atoms with Crippen molar-refractivity contribution in [2.45, 2.75) is 26.3 Å². The molecule has 2 amide bonds. The van der Waals surface area contributed by atoms with Gasteiger partial charge in [-0.3, -0.25) is 9.59 Å². The van der Waals surface area contributed by atoms with E-state index in [0.717, 1.165) is 0 Å². The lowest BCUT2D eigenvalue weighted by molar-refractivity contribution is -0.128. The highest BCUT2D eigenvalue weighted by Crippen LogP contribution is 2.17. The van der Waals surface area contributed by atoms with E-state index in [2.05, 4.69) is 15.3 Å². The minimum Gasteiger partial charge on any atom is -0.494 e. The highest BCUT2D eigenvalue weighted by atomic mass is 16.5. The van der Waals surface area contributed by atoms with Gasteiger partial charge >= 0.3 is 0 Å². The predicted molar refractivity (Wildman–Crippen MR) is 75.9 cm³/mol. The van der Waals surface area contributed by atoms with Crippen LogP contribution < -0.4 is 10.1 Å². The van der Waals surface area contributed by atoms with Crippen LogP contribution in [0.15, 0.2) is 12.4 Å². The Hall–Kier alpha value is -2.18. The van der Waals surface area contributed by atoms with Crippen molar-refractivity contribution in [1.29, 1.82) is 0 Å². The monoisotopic (exact) mass is 292 g/mol. The van der Waals surface area contributed by atoms with Gasteiger partial charge in [-0.25, -0.2) is 9.97 Å². The zero-order valence-corrected chi connectivity index (χ0v) is 12.5. The second kappa shape index (κ2) is 6.51. The number of methoxy groups -OCH3 is 1. The molecule has 1 saturated heterocycles. The zero-order chi connectivity index (χ0) is 15.4. The summed E-state index contributed by atoms with van der Waals surface area (Å²) in [4.78, 5) is 34.1. The van der Waals surface area contributed by atoms with E-state index < -0.39 is 6.04 Å². The minimum absolute atomic E-state index is 0.0826. The smallest absolute Gasteiger partial charge is 0.292 e. The number of nitrogens with one attached hydrogen (secondary N) is 1.